The summed E-state index contributed by atoms with van der Waals surface area (Å²) in [7, 11) is 3.45. The maximum Gasteiger partial charge on any atom is 0.252 e. The van der Waals surface area contributed by atoms with E-state index in [1.54, 1.807) is 18.0 Å². The van der Waals surface area contributed by atoms with Crippen molar-refractivity contribution in [3.8, 4) is 17.0 Å². The number of hydrogen-bond donors (Lipinski definition) is 1. The van der Waals surface area contributed by atoms with Crippen molar-refractivity contribution in [2.75, 3.05) is 7.11 Å². The molecule has 4 rings (SSSR count). The van der Waals surface area contributed by atoms with Gasteiger partial charge in [0, 0.05) is 24.3 Å². The number of hydrogen-bond acceptors (Lipinski definition) is 5. The predicted octanol–water partition coefficient (Wildman–Crippen LogP) is 3.28. The van der Waals surface area contributed by atoms with Crippen molar-refractivity contribution in [2.45, 2.75) is 33.4 Å². The van der Waals surface area contributed by atoms with Crippen LogP contribution in [0, 0.1) is 13.8 Å². The molecular weight excluding hydrogens is 392 g/mol. The number of nitrogens with one attached hydrogen (secondary N) is 1. The van der Waals surface area contributed by atoms with Gasteiger partial charge in [0.2, 0.25) is 0 Å². The molecule has 0 bridgehead atoms. The van der Waals surface area contributed by atoms with Gasteiger partial charge in [-0.25, -0.2) is 4.98 Å². The van der Waals surface area contributed by atoms with Crippen molar-refractivity contribution in [2.24, 2.45) is 7.05 Å². The Hall–Kier alpha value is -3.68. The van der Waals surface area contributed by atoms with Gasteiger partial charge in [0.05, 0.1) is 42.2 Å². The SMILES string of the molecule is COc1ccc(-c2cc(C(=O)N[C@@H](C)Cn3nc(C)cc3C)c3cnn(C)c3n2)cc1. The lowest BCUT2D eigenvalue weighted by molar-refractivity contribution is 0.0937. The number of nitrogens with zero attached hydrogens (tertiary/aromatic N) is 5. The molecule has 1 aromatic carbocycles. The van der Waals surface area contributed by atoms with Gasteiger partial charge in [0.1, 0.15) is 5.75 Å². The summed E-state index contributed by atoms with van der Waals surface area (Å²) in [5.41, 5.74) is 4.84. The summed E-state index contributed by atoms with van der Waals surface area (Å²) in [6.07, 6.45) is 1.68. The molecule has 3 aromatic heterocycles. The fourth-order valence-corrected chi connectivity index (χ4v) is 3.68. The second-order valence-corrected chi connectivity index (χ2v) is 7.77. The molecule has 0 saturated carbocycles. The lowest BCUT2D eigenvalue weighted by Gasteiger charge is -2.16. The fraction of sp³-hybridized carbons (Fsp3) is 0.304. The monoisotopic (exact) mass is 418 g/mol. The Morgan fingerprint density at radius 2 is 1.94 bits per heavy atom. The van der Waals surface area contributed by atoms with E-state index in [-0.39, 0.29) is 11.9 Å². The average molecular weight is 419 g/mol. The van der Waals surface area contributed by atoms with Crippen LogP contribution in [0.25, 0.3) is 22.3 Å². The highest BCUT2D eigenvalue weighted by atomic mass is 16.5. The summed E-state index contributed by atoms with van der Waals surface area (Å²) in [5.74, 6) is 0.602. The molecule has 8 nitrogen and oxygen atoms in total. The first-order valence-electron chi connectivity index (χ1n) is 10.1. The van der Waals surface area contributed by atoms with Gasteiger partial charge < -0.3 is 10.1 Å². The lowest BCUT2D eigenvalue weighted by Crippen LogP contribution is -2.36. The molecule has 1 N–H and O–H groups in total. The molecule has 0 spiro atoms. The van der Waals surface area contributed by atoms with Crippen LogP contribution >= 0.6 is 0 Å². The van der Waals surface area contributed by atoms with E-state index in [1.807, 2.05) is 68.9 Å². The van der Waals surface area contributed by atoms with E-state index < -0.39 is 0 Å². The molecule has 160 valence electrons. The molecule has 1 amide bonds. The van der Waals surface area contributed by atoms with Crippen molar-refractivity contribution < 1.29 is 9.53 Å². The third kappa shape index (κ3) is 4.14. The zero-order valence-corrected chi connectivity index (χ0v) is 18.4. The van der Waals surface area contributed by atoms with Crippen LogP contribution in [-0.4, -0.2) is 43.6 Å². The third-order valence-corrected chi connectivity index (χ3v) is 5.26. The van der Waals surface area contributed by atoms with Crippen molar-refractivity contribution >= 4 is 16.9 Å². The van der Waals surface area contributed by atoms with E-state index in [2.05, 4.69) is 15.5 Å². The van der Waals surface area contributed by atoms with Gasteiger partial charge in [-0.15, -0.1) is 0 Å². The van der Waals surface area contributed by atoms with Gasteiger partial charge in [-0.1, -0.05) is 0 Å². The number of methoxy groups -OCH3 is 1. The van der Waals surface area contributed by atoms with Crippen LogP contribution < -0.4 is 10.1 Å². The third-order valence-electron chi connectivity index (χ3n) is 5.26. The van der Waals surface area contributed by atoms with Crippen molar-refractivity contribution in [3.63, 3.8) is 0 Å². The molecule has 0 unspecified atom stereocenters. The second kappa shape index (κ2) is 8.22. The Kier molecular flexibility index (Phi) is 5.46. The number of aromatic nitrogens is 5. The number of benzene rings is 1. The number of amides is 1. The summed E-state index contributed by atoms with van der Waals surface area (Å²) in [5, 5.41) is 12.6. The first kappa shape index (κ1) is 20.6. The Morgan fingerprint density at radius 3 is 2.58 bits per heavy atom. The molecule has 0 saturated heterocycles. The quantitative estimate of drug-likeness (QED) is 0.519. The van der Waals surface area contributed by atoms with E-state index in [4.69, 9.17) is 9.72 Å². The molecule has 31 heavy (non-hydrogen) atoms. The number of carbonyl (C=O) groups is 1. The lowest BCUT2D eigenvalue weighted by atomic mass is 10.1. The molecule has 0 radical (unpaired) electrons. The highest BCUT2D eigenvalue weighted by Crippen LogP contribution is 2.26. The van der Waals surface area contributed by atoms with Crippen LogP contribution in [0.1, 0.15) is 28.7 Å². The number of fused-ring (bicyclic) bond motifs is 1. The minimum atomic E-state index is -0.163. The largest absolute Gasteiger partial charge is 0.497 e. The number of pyridine rings is 1. The molecule has 0 aliphatic rings. The van der Waals surface area contributed by atoms with Gasteiger partial charge in [-0.2, -0.15) is 10.2 Å². The number of rotatable bonds is 6. The van der Waals surface area contributed by atoms with E-state index in [0.29, 0.717) is 23.4 Å². The maximum absolute atomic E-state index is 13.2. The van der Waals surface area contributed by atoms with Crippen LogP contribution in [0.3, 0.4) is 0 Å². The van der Waals surface area contributed by atoms with Crippen molar-refractivity contribution in [3.05, 3.63) is 59.5 Å². The fourth-order valence-electron chi connectivity index (χ4n) is 3.68. The summed E-state index contributed by atoms with van der Waals surface area (Å²) >= 11 is 0. The molecule has 4 aromatic rings. The van der Waals surface area contributed by atoms with E-state index >= 15 is 0 Å². The maximum atomic E-state index is 13.2. The Balaban J connectivity index is 1.65. The van der Waals surface area contributed by atoms with Gasteiger partial charge in [0.15, 0.2) is 5.65 Å². The van der Waals surface area contributed by atoms with Crippen molar-refractivity contribution in [1.82, 2.24) is 29.9 Å². The van der Waals surface area contributed by atoms with Crippen LogP contribution in [0.15, 0.2) is 42.6 Å². The number of aryl methyl sites for hydroxylation is 3. The molecule has 1 atom stereocenters. The number of ether oxygens (including phenoxy) is 1. The van der Waals surface area contributed by atoms with Crippen LogP contribution in [0.4, 0.5) is 0 Å². The minimum Gasteiger partial charge on any atom is -0.497 e. The summed E-state index contributed by atoms with van der Waals surface area (Å²) < 4.78 is 8.83. The van der Waals surface area contributed by atoms with Gasteiger partial charge in [-0.3, -0.25) is 14.2 Å². The second-order valence-electron chi connectivity index (χ2n) is 7.77. The zero-order chi connectivity index (χ0) is 22.1. The zero-order valence-electron chi connectivity index (χ0n) is 18.4. The molecule has 3 heterocycles. The normalized spacial score (nSPS) is 12.2. The molecular formula is C23H26N6O2. The standard InChI is InChI=1S/C23H26N6O2/c1-14-10-16(3)29(27-14)13-15(2)25-23(30)19-11-21(17-6-8-18(31-5)9-7-17)26-22-20(19)12-24-28(22)4/h6-12,15H,13H2,1-5H3,(H,25,30)/t15-/m0/s1. The summed E-state index contributed by atoms with van der Waals surface area (Å²) in [6, 6.07) is 11.3. The van der Waals surface area contributed by atoms with Gasteiger partial charge >= 0.3 is 0 Å². The van der Waals surface area contributed by atoms with E-state index in [0.717, 1.165) is 28.1 Å². The summed E-state index contributed by atoms with van der Waals surface area (Å²) in [4.78, 5) is 17.9. The van der Waals surface area contributed by atoms with Crippen LogP contribution in [0.5, 0.6) is 5.75 Å². The smallest absolute Gasteiger partial charge is 0.252 e. The van der Waals surface area contributed by atoms with Crippen LogP contribution in [0.2, 0.25) is 0 Å². The average Bonchev–Trinajstić information content (AvgIpc) is 3.28. The minimum absolute atomic E-state index is 0.102. The highest BCUT2D eigenvalue weighted by molar-refractivity contribution is 6.06. The van der Waals surface area contributed by atoms with Crippen LogP contribution in [-0.2, 0) is 13.6 Å². The first-order valence-corrected chi connectivity index (χ1v) is 10.1. The number of carbonyl (C=O) groups excluding carboxylic acids is 1. The van der Waals surface area contributed by atoms with Crippen molar-refractivity contribution in [1.29, 1.82) is 0 Å². The molecule has 0 fully saturated rings. The molecule has 8 heteroatoms. The topological polar surface area (TPSA) is 86.9 Å². The van der Waals surface area contributed by atoms with Gasteiger partial charge in [0.25, 0.3) is 5.91 Å². The first-order chi connectivity index (χ1) is 14.9. The predicted molar refractivity (Wildman–Crippen MR) is 119 cm³/mol. The Morgan fingerprint density at radius 1 is 1.19 bits per heavy atom. The van der Waals surface area contributed by atoms with Gasteiger partial charge in [-0.05, 0) is 57.2 Å². The Bertz CT molecular complexity index is 1240. The molecule has 0 aliphatic carbocycles. The van der Waals surface area contributed by atoms with E-state index in [9.17, 15) is 4.79 Å². The van der Waals surface area contributed by atoms with E-state index in [1.165, 1.54) is 0 Å². The Labute approximate surface area is 180 Å². The molecule has 0 aliphatic heterocycles. The highest BCUT2D eigenvalue weighted by Gasteiger charge is 2.19. The summed E-state index contributed by atoms with van der Waals surface area (Å²) in [6.45, 7) is 6.54.